The predicted molar refractivity (Wildman–Crippen MR) is 67.4 cm³/mol. The van der Waals surface area contributed by atoms with Crippen LogP contribution in [0.5, 0.6) is 0 Å². The Hall–Kier alpha value is -0.960. The smallest absolute Gasteiger partial charge is 0.156 e. The largest absolute Gasteiger partial charge is 0.361 e. The number of aliphatic imine (C=N–C) groups is 1. The Morgan fingerprint density at radius 1 is 1.40 bits per heavy atom. The first-order valence-electron chi connectivity index (χ1n) is 5.32. The maximum atomic E-state index is 4.44. The molecular weight excluding hydrogens is 204 g/mol. The molecule has 3 heteroatoms. The number of rotatable bonds is 2. The van der Waals surface area contributed by atoms with Gasteiger partial charge in [0, 0.05) is 18.8 Å². The van der Waals surface area contributed by atoms with Crippen molar-refractivity contribution in [3.8, 4) is 0 Å². The molecule has 1 heterocycles. The highest BCUT2D eigenvalue weighted by atomic mass is 32.2. The van der Waals surface area contributed by atoms with Gasteiger partial charge in [0.15, 0.2) is 5.17 Å². The molecule has 0 saturated carbocycles. The average Bonchev–Trinajstić information content (AvgIpc) is 2.29. The summed E-state index contributed by atoms with van der Waals surface area (Å²) in [7, 11) is 0. The van der Waals surface area contributed by atoms with Crippen LogP contribution in [-0.2, 0) is 6.54 Å². The van der Waals surface area contributed by atoms with Gasteiger partial charge in [-0.25, -0.2) is 0 Å². The van der Waals surface area contributed by atoms with Gasteiger partial charge in [-0.15, -0.1) is 0 Å². The van der Waals surface area contributed by atoms with E-state index < -0.39 is 0 Å². The lowest BCUT2D eigenvalue weighted by Crippen LogP contribution is -2.23. The highest BCUT2D eigenvalue weighted by molar-refractivity contribution is 8.13. The van der Waals surface area contributed by atoms with Crippen molar-refractivity contribution in [3.05, 3.63) is 35.4 Å². The molecule has 0 spiro atoms. The van der Waals surface area contributed by atoms with Crippen molar-refractivity contribution in [2.45, 2.75) is 19.9 Å². The molecule has 2 rings (SSSR count). The van der Waals surface area contributed by atoms with Crippen LogP contribution >= 0.6 is 11.8 Å². The van der Waals surface area contributed by atoms with Gasteiger partial charge in [0.25, 0.3) is 0 Å². The molecule has 1 aliphatic heterocycles. The van der Waals surface area contributed by atoms with Crippen LogP contribution < -0.4 is 5.32 Å². The Morgan fingerprint density at radius 3 is 3.00 bits per heavy atom. The molecule has 0 radical (unpaired) electrons. The number of nitrogens with one attached hydrogen (secondary N) is 1. The van der Waals surface area contributed by atoms with E-state index in [1.165, 1.54) is 23.3 Å². The maximum Gasteiger partial charge on any atom is 0.156 e. The molecule has 1 aromatic rings. The molecule has 0 saturated heterocycles. The lowest BCUT2D eigenvalue weighted by molar-refractivity contribution is 0.876. The van der Waals surface area contributed by atoms with Crippen LogP contribution in [0.2, 0.25) is 0 Å². The van der Waals surface area contributed by atoms with Gasteiger partial charge in [0.2, 0.25) is 0 Å². The minimum absolute atomic E-state index is 0.887. The molecule has 0 aliphatic carbocycles. The lowest BCUT2D eigenvalue weighted by atomic mass is 10.1. The zero-order valence-electron chi connectivity index (χ0n) is 8.99. The molecule has 1 aromatic carbocycles. The first kappa shape index (κ1) is 10.6. The van der Waals surface area contributed by atoms with Gasteiger partial charge < -0.3 is 5.32 Å². The summed E-state index contributed by atoms with van der Waals surface area (Å²) in [6.07, 6.45) is 1.21. The van der Waals surface area contributed by atoms with E-state index in [2.05, 4.69) is 41.5 Å². The molecule has 0 fully saturated rings. The fourth-order valence-electron chi connectivity index (χ4n) is 1.55. The minimum Gasteiger partial charge on any atom is -0.361 e. The minimum atomic E-state index is 0.887. The van der Waals surface area contributed by atoms with Crippen LogP contribution in [-0.4, -0.2) is 17.5 Å². The quantitative estimate of drug-likeness (QED) is 0.828. The van der Waals surface area contributed by atoms with Crippen LogP contribution in [0.3, 0.4) is 0 Å². The van der Waals surface area contributed by atoms with Crippen molar-refractivity contribution in [3.63, 3.8) is 0 Å². The number of amidine groups is 1. The van der Waals surface area contributed by atoms with Gasteiger partial charge in [-0.05, 0) is 24.5 Å². The van der Waals surface area contributed by atoms with Crippen molar-refractivity contribution in [1.82, 2.24) is 5.32 Å². The third kappa shape index (κ3) is 2.99. The molecule has 0 aromatic heterocycles. The molecule has 1 aliphatic rings. The van der Waals surface area contributed by atoms with Gasteiger partial charge in [0.1, 0.15) is 0 Å². The lowest BCUT2D eigenvalue weighted by Gasteiger charge is -2.14. The average molecular weight is 220 g/mol. The summed E-state index contributed by atoms with van der Waals surface area (Å²) < 4.78 is 0. The first-order valence-corrected chi connectivity index (χ1v) is 6.30. The number of aryl methyl sites for hydroxylation is 1. The topological polar surface area (TPSA) is 24.4 Å². The Balaban J connectivity index is 1.93. The van der Waals surface area contributed by atoms with Crippen molar-refractivity contribution in [1.29, 1.82) is 0 Å². The summed E-state index contributed by atoms with van der Waals surface area (Å²) in [5, 5.41) is 4.49. The van der Waals surface area contributed by atoms with Gasteiger partial charge in [-0.2, -0.15) is 0 Å². The zero-order chi connectivity index (χ0) is 10.5. The molecule has 0 bridgehead atoms. The molecular formula is C12H16N2S. The number of nitrogens with zero attached hydrogens (tertiary/aromatic N) is 1. The Morgan fingerprint density at radius 2 is 2.27 bits per heavy atom. The van der Waals surface area contributed by atoms with Crippen LogP contribution in [0.4, 0.5) is 0 Å². The molecule has 2 nitrogen and oxygen atoms in total. The fraction of sp³-hybridized carbons (Fsp3) is 0.417. The summed E-state index contributed by atoms with van der Waals surface area (Å²) in [5.41, 5.74) is 2.69. The monoisotopic (exact) mass is 220 g/mol. The van der Waals surface area contributed by atoms with Gasteiger partial charge in [0.05, 0.1) is 0 Å². The summed E-state index contributed by atoms with van der Waals surface area (Å²) in [4.78, 5) is 4.44. The Labute approximate surface area is 95.2 Å². The normalized spacial score (nSPS) is 15.9. The zero-order valence-corrected chi connectivity index (χ0v) is 9.81. The predicted octanol–water partition coefficient (Wildman–Crippen LogP) is 2.58. The summed E-state index contributed by atoms with van der Waals surface area (Å²) in [6.45, 7) is 4.01. The molecule has 0 atom stereocenters. The van der Waals surface area contributed by atoms with Crippen LogP contribution in [0, 0.1) is 6.92 Å². The van der Waals surface area contributed by atoms with Crippen LogP contribution in [0.25, 0.3) is 0 Å². The van der Waals surface area contributed by atoms with Gasteiger partial charge in [-0.3, -0.25) is 4.99 Å². The van der Waals surface area contributed by atoms with Gasteiger partial charge in [-0.1, -0.05) is 36.0 Å². The molecule has 15 heavy (non-hydrogen) atoms. The number of thioether (sulfide) groups is 1. The van der Waals surface area contributed by atoms with E-state index in [1.807, 2.05) is 11.8 Å². The summed E-state index contributed by atoms with van der Waals surface area (Å²) in [5.74, 6) is 1.19. The van der Waals surface area contributed by atoms with E-state index in [-0.39, 0.29) is 0 Å². The van der Waals surface area contributed by atoms with Crippen molar-refractivity contribution in [2.24, 2.45) is 4.99 Å². The SMILES string of the molecule is Cc1ccccc1CNC1=NCCCS1. The second-order valence-electron chi connectivity index (χ2n) is 3.67. The van der Waals surface area contributed by atoms with E-state index in [0.29, 0.717) is 0 Å². The standard InChI is InChI=1S/C12H16N2S/c1-10-5-2-3-6-11(10)9-14-12-13-7-4-8-15-12/h2-3,5-6H,4,7-9H2,1H3,(H,13,14). The highest BCUT2D eigenvalue weighted by Crippen LogP contribution is 2.12. The summed E-state index contributed by atoms with van der Waals surface area (Å²) >= 11 is 1.83. The number of hydrogen-bond acceptors (Lipinski definition) is 3. The Kier molecular flexibility index (Phi) is 3.67. The molecule has 80 valence electrons. The van der Waals surface area contributed by atoms with Gasteiger partial charge >= 0.3 is 0 Å². The van der Waals surface area contributed by atoms with Crippen molar-refractivity contribution >= 4 is 16.9 Å². The highest BCUT2D eigenvalue weighted by Gasteiger charge is 2.05. The number of hydrogen-bond donors (Lipinski definition) is 1. The third-order valence-corrected chi connectivity index (χ3v) is 3.53. The number of benzene rings is 1. The van der Waals surface area contributed by atoms with E-state index in [9.17, 15) is 0 Å². The van der Waals surface area contributed by atoms with Crippen molar-refractivity contribution in [2.75, 3.05) is 12.3 Å². The second kappa shape index (κ2) is 5.21. The van der Waals surface area contributed by atoms with E-state index in [4.69, 9.17) is 0 Å². The molecule has 0 unspecified atom stereocenters. The van der Waals surface area contributed by atoms with E-state index in [1.54, 1.807) is 0 Å². The van der Waals surface area contributed by atoms with E-state index >= 15 is 0 Å². The molecule has 1 N–H and O–H groups in total. The molecule has 0 amide bonds. The van der Waals surface area contributed by atoms with Crippen molar-refractivity contribution < 1.29 is 0 Å². The second-order valence-corrected chi connectivity index (χ2v) is 4.75. The summed E-state index contributed by atoms with van der Waals surface area (Å²) in [6, 6.07) is 8.47. The first-order chi connectivity index (χ1) is 7.36. The van der Waals surface area contributed by atoms with Crippen LogP contribution in [0.15, 0.2) is 29.3 Å². The third-order valence-electron chi connectivity index (χ3n) is 2.49. The Bertz CT molecular complexity index is 360. The van der Waals surface area contributed by atoms with E-state index in [0.717, 1.165) is 18.3 Å². The van der Waals surface area contributed by atoms with Crippen LogP contribution in [0.1, 0.15) is 17.5 Å². The fourth-order valence-corrected chi connectivity index (χ4v) is 2.37. The maximum absolute atomic E-state index is 4.44.